The van der Waals surface area contributed by atoms with Crippen LogP contribution in [0.15, 0.2) is 102 Å². The average molecular weight is 441 g/mol. The number of rotatable bonds is 2. The molecular weight excluding hydrogens is 418 g/mol. The number of fused-ring (bicyclic) bond motifs is 5. The molecule has 3 aromatic carbocycles. The average Bonchev–Trinajstić information content (AvgIpc) is 3.39. The number of para-hydroxylation sites is 2. The SMILES string of the molecule is Cc1c(-c2c3ccc(-n4c5ccccc5c5cccnc54)cc3cc[n+]2C)oc2ccccc12. The first kappa shape index (κ1) is 19.1. The molecule has 0 spiro atoms. The maximum atomic E-state index is 6.36. The van der Waals surface area contributed by atoms with E-state index >= 15 is 0 Å². The Hall–Kier alpha value is -4.44. The van der Waals surface area contributed by atoms with E-state index in [0.717, 1.165) is 61.0 Å². The summed E-state index contributed by atoms with van der Waals surface area (Å²) in [6.07, 6.45) is 3.97. The van der Waals surface area contributed by atoms with Crippen molar-refractivity contribution in [3.05, 3.63) is 103 Å². The van der Waals surface area contributed by atoms with Crippen molar-refractivity contribution >= 4 is 43.7 Å². The highest BCUT2D eigenvalue weighted by Gasteiger charge is 2.23. The van der Waals surface area contributed by atoms with Crippen LogP contribution in [0.2, 0.25) is 0 Å². The number of benzene rings is 3. The summed E-state index contributed by atoms with van der Waals surface area (Å²) in [6.45, 7) is 2.14. The fourth-order valence-electron chi connectivity index (χ4n) is 5.24. The Morgan fingerprint density at radius 2 is 1.59 bits per heavy atom. The molecule has 0 radical (unpaired) electrons. The minimum atomic E-state index is 0.917. The number of pyridine rings is 2. The lowest BCUT2D eigenvalue weighted by atomic mass is 10.0. The zero-order valence-electron chi connectivity index (χ0n) is 19.0. The van der Waals surface area contributed by atoms with E-state index in [1.54, 1.807) is 0 Å². The lowest BCUT2D eigenvalue weighted by Crippen LogP contribution is -2.30. The molecule has 0 amide bonds. The standard InChI is InChI=1S/C30H22N3O/c1-19-22-8-4-6-12-27(22)34-29(19)28-23-14-13-21(18-20(23)15-17-32(28)2)33-26-11-5-3-9-24(26)25-10-7-16-31-30(25)33/h3-18H,1-2H3/q+1. The number of hydrogen-bond donors (Lipinski definition) is 0. The second-order valence-corrected chi connectivity index (χ2v) is 8.83. The maximum absolute atomic E-state index is 6.36. The molecule has 0 N–H and O–H groups in total. The van der Waals surface area contributed by atoms with Gasteiger partial charge in [0.15, 0.2) is 6.20 Å². The zero-order chi connectivity index (χ0) is 22.8. The summed E-state index contributed by atoms with van der Waals surface area (Å²) < 4.78 is 10.8. The first-order chi connectivity index (χ1) is 16.7. The van der Waals surface area contributed by atoms with Crippen LogP contribution >= 0.6 is 0 Å². The predicted molar refractivity (Wildman–Crippen MR) is 137 cm³/mol. The highest BCUT2D eigenvalue weighted by atomic mass is 16.3. The number of aromatic nitrogens is 3. The molecule has 4 aromatic heterocycles. The normalized spacial score (nSPS) is 11.8. The van der Waals surface area contributed by atoms with Crippen LogP contribution in [0.4, 0.5) is 0 Å². The second kappa shape index (κ2) is 7.03. The minimum Gasteiger partial charge on any atom is -0.449 e. The van der Waals surface area contributed by atoms with E-state index in [2.05, 4.69) is 96.0 Å². The molecule has 0 saturated heterocycles. The molecule has 0 saturated carbocycles. The third kappa shape index (κ3) is 2.59. The van der Waals surface area contributed by atoms with Crippen molar-refractivity contribution < 1.29 is 8.98 Å². The molecule has 162 valence electrons. The molecule has 4 nitrogen and oxygen atoms in total. The molecule has 7 rings (SSSR count). The number of hydrogen-bond acceptors (Lipinski definition) is 2. The van der Waals surface area contributed by atoms with Gasteiger partial charge in [-0.3, -0.25) is 4.57 Å². The van der Waals surface area contributed by atoms with Crippen molar-refractivity contribution in [1.29, 1.82) is 0 Å². The van der Waals surface area contributed by atoms with Gasteiger partial charge in [-0.15, -0.1) is 0 Å². The Bertz CT molecular complexity index is 1840. The van der Waals surface area contributed by atoms with Crippen LogP contribution in [0.5, 0.6) is 0 Å². The number of furan rings is 1. The van der Waals surface area contributed by atoms with Gasteiger partial charge in [0, 0.05) is 39.7 Å². The van der Waals surface area contributed by atoms with E-state index in [9.17, 15) is 0 Å². The van der Waals surface area contributed by atoms with Crippen LogP contribution in [0.3, 0.4) is 0 Å². The molecule has 0 aliphatic heterocycles. The first-order valence-electron chi connectivity index (χ1n) is 11.5. The summed E-state index contributed by atoms with van der Waals surface area (Å²) in [5.74, 6) is 0.917. The summed E-state index contributed by atoms with van der Waals surface area (Å²) in [5, 5.41) is 5.85. The van der Waals surface area contributed by atoms with E-state index in [1.807, 2.05) is 24.4 Å². The molecule has 0 fully saturated rings. The van der Waals surface area contributed by atoms with Gasteiger partial charge in [0.1, 0.15) is 18.3 Å². The van der Waals surface area contributed by atoms with Gasteiger partial charge in [-0.05, 0) is 54.8 Å². The van der Waals surface area contributed by atoms with Gasteiger partial charge in [0.25, 0.3) is 5.69 Å². The van der Waals surface area contributed by atoms with Crippen molar-refractivity contribution in [2.24, 2.45) is 7.05 Å². The Labute approximate surface area is 196 Å². The molecule has 0 unspecified atom stereocenters. The molecule has 7 aromatic rings. The van der Waals surface area contributed by atoms with Crippen molar-refractivity contribution in [2.45, 2.75) is 6.92 Å². The fraction of sp³-hybridized carbons (Fsp3) is 0.0667. The molecular formula is C30H22N3O+. The lowest BCUT2D eigenvalue weighted by molar-refractivity contribution is -0.659. The third-order valence-corrected chi connectivity index (χ3v) is 6.87. The van der Waals surface area contributed by atoms with Gasteiger partial charge >= 0.3 is 0 Å². The molecule has 0 aliphatic rings. The molecule has 0 atom stereocenters. The summed E-state index contributed by atoms with van der Waals surface area (Å²) in [6, 6.07) is 29.7. The van der Waals surface area contributed by atoms with E-state index in [1.165, 1.54) is 5.39 Å². The fourth-order valence-corrected chi connectivity index (χ4v) is 5.24. The van der Waals surface area contributed by atoms with Crippen molar-refractivity contribution in [1.82, 2.24) is 9.55 Å². The van der Waals surface area contributed by atoms with E-state index in [-0.39, 0.29) is 0 Å². The van der Waals surface area contributed by atoms with Crippen LogP contribution < -0.4 is 4.57 Å². The summed E-state index contributed by atoms with van der Waals surface area (Å²) in [5.41, 5.74) is 6.38. The lowest BCUT2D eigenvalue weighted by Gasteiger charge is -2.10. The van der Waals surface area contributed by atoms with Gasteiger partial charge in [-0.1, -0.05) is 36.4 Å². The van der Waals surface area contributed by atoms with E-state index < -0.39 is 0 Å². The smallest absolute Gasteiger partial charge is 0.256 e. The van der Waals surface area contributed by atoms with Gasteiger partial charge in [-0.2, -0.15) is 4.57 Å². The van der Waals surface area contributed by atoms with Crippen molar-refractivity contribution in [3.63, 3.8) is 0 Å². The molecule has 34 heavy (non-hydrogen) atoms. The van der Waals surface area contributed by atoms with E-state index in [0.29, 0.717) is 0 Å². The minimum absolute atomic E-state index is 0.917. The van der Waals surface area contributed by atoms with Gasteiger partial charge in [0.2, 0.25) is 5.76 Å². The van der Waals surface area contributed by atoms with E-state index in [4.69, 9.17) is 9.40 Å². The number of aryl methyl sites for hydroxylation is 2. The maximum Gasteiger partial charge on any atom is 0.256 e. The quantitative estimate of drug-likeness (QED) is 0.275. The summed E-state index contributed by atoms with van der Waals surface area (Å²) in [7, 11) is 2.08. The highest BCUT2D eigenvalue weighted by molar-refractivity contribution is 6.08. The second-order valence-electron chi connectivity index (χ2n) is 8.83. The van der Waals surface area contributed by atoms with Gasteiger partial charge in [-0.25, -0.2) is 4.98 Å². The third-order valence-electron chi connectivity index (χ3n) is 6.87. The highest BCUT2D eigenvalue weighted by Crippen LogP contribution is 2.36. The van der Waals surface area contributed by atoms with Crippen LogP contribution in [-0.4, -0.2) is 9.55 Å². The Morgan fingerprint density at radius 1 is 0.794 bits per heavy atom. The summed E-state index contributed by atoms with van der Waals surface area (Å²) >= 11 is 0. The predicted octanol–water partition coefficient (Wildman–Crippen LogP) is 6.88. The Morgan fingerprint density at radius 3 is 2.47 bits per heavy atom. The van der Waals surface area contributed by atoms with Crippen molar-refractivity contribution in [3.8, 4) is 17.1 Å². The zero-order valence-corrected chi connectivity index (χ0v) is 19.0. The first-order valence-corrected chi connectivity index (χ1v) is 11.5. The van der Waals surface area contributed by atoms with Crippen LogP contribution in [0, 0.1) is 6.92 Å². The molecule has 0 bridgehead atoms. The topological polar surface area (TPSA) is 34.8 Å². The largest absolute Gasteiger partial charge is 0.449 e. The van der Waals surface area contributed by atoms with Crippen LogP contribution in [0.1, 0.15) is 5.56 Å². The van der Waals surface area contributed by atoms with Crippen LogP contribution in [-0.2, 0) is 7.05 Å². The van der Waals surface area contributed by atoms with Crippen molar-refractivity contribution in [2.75, 3.05) is 0 Å². The monoisotopic (exact) mass is 440 g/mol. The molecule has 4 heteroatoms. The Kier molecular flexibility index (Phi) is 3.94. The Balaban J connectivity index is 1.50. The molecule has 4 heterocycles. The number of nitrogens with zero attached hydrogens (tertiary/aromatic N) is 3. The molecule has 0 aliphatic carbocycles. The summed E-state index contributed by atoms with van der Waals surface area (Å²) in [4.78, 5) is 4.73. The van der Waals surface area contributed by atoms with Gasteiger partial charge < -0.3 is 4.42 Å². The van der Waals surface area contributed by atoms with Gasteiger partial charge in [0.05, 0.1) is 10.9 Å². The van der Waals surface area contributed by atoms with Crippen LogP contribution in [0.25, 0.3) is 60.8 Å².